The molecule has 0 saturated carbocycles. The highest BCUT2D eigenvalue weighted by atomic mass is 16.2. The average Bonchev–Trinajstić information content (AvgIpc) is 3.19. The highest BCUT2D eigenvalue weighted by molar-refractivity contribution is 6.09. The second-order valence-corrected chi connectivity index (χ2v) is 6.76. The lowest BCUT2D eigenvalue weighted by Gasteiger charge is -2.20. The summed E-state index contributed by atoms with van der Waals surface area (Å²) in [6.07, 6.45) is 1.41. The van der Waals surface area contributed by atoms with Gasteiger partial charge in [0, 0.05) is 35.1 Å². The van der Waals surface area contributed by atoms with Crippen LogP contribution in [0.2, 0.25) is 0 Å². The monoisotopic (exact) mass is 347 g/mol. The number of benzene rings is 2. The number of anilines is 2. The summed E-state index contributed by atoms with van der Waals surface area (Å²) in [5.74, 6) is -0.0733. The van der Waals surface area contributed by atoms with E-state index in [9.17, 15) is 9.59 Å². The number of H-pyrrole nitrogens is 1. The zero-order chi connectivity index (χ0) is 18.3. The molecule has 2 aromatic carbocycles. The van der Waals surface area contributed by atoms with Crippen molar-refractivity contribution < 1.29 is 9.59 Å². The number of aromatic nitrogens is 1. The molecule has 0 spiro atoms. The van der Waals surface area contributed by atoms with Gasteiger partial charge in [0.05, 0.1) is 11.4 Å². The number of carbonyl (C=O) groups excluding carboxylic acids is 2. The minimum Gasteiger partial charge on any atom is -0.358 e. The molecule has 4 rings (SSSR count). The lowest BCUT2D eigenvalue weighted by molar-refractivity contribution is -0.117. The minimum atomic E-state index is -0.177. The van der Waals surface area contributed by atoms with Crippen LogP contribution in [0.25, 0.3) is 10.9 Å². The third-order valence-electron chi connectivity index (χ3n) is 5.09. The van der Waals surface area contributed by atoms with Crippen molar-refractivity contribution >= 4 is 34.1 Å². The van der Waals surface area contributed by atoms with Crippen LogP contribution < -0.4 is 10.2 Å². The van der Waals surface area contributed by atoms with Gasteiger partial charge in [-0.2, -0.15) is 0 Å². The maximum Gasteiger partial charge on any atom is 0.255 e. The smallest absolute Gasteiger partial charge is 0.255 e. The van der Waals surface area contributed by atoms with Crippen molar-refractivity contribution in [3.63, 3.8) is 0 Å². The molecule has 0 radical (unpaired) electrons. The molecule has 5 heteroatoms. The van der Waals surface area contributed by atoms with E-state index >= 15 is 0 Å². The van der Waals surface area contributed by atoms with Crippen LogP contribution in [0.3, 0.4) is 0 Å². The molecule has 132 valence electrons. The summed E-state index contributed by atoms with van der Waals surface area (Å²) in [5, 5.41) is 4.03. The second-order valence-electron chi connectivity index (χ2n) is 6.76. The first-order valence-corrected chi connectivity index (χ1v) is 8.84. The van der Waals surface area contributed by atoms with Crippen molar-refractivity contribution in [3.05, 3.63) is 59.3 Å². The van der Waals surface area contributed by atoms with Crippen LogP contribution in [0.4, 0.5) is 11.4 Å². The van der Waals surface area contributed by atoms with E-state index in [1.165, 1.54) is 0 Å². The molecule has 0 aliphatic carbocycles. The quantitative estimate of drug-likeness (QED) is 0.747. The summed E-state index contributed by atoms with van der Waals surface area (Å²) in [6, 6.07) is 13.1. The van der Waals surface area contributed by atoms with E-state index in [0.717, 1.165) is 34.3 Å². The molecule has 1 aromatic heterocycles. The molecule has 2 amide bonds. The highest BCUT2D eigenvalue weighted by Gasteiger charge is 2.24. The second kappa shape index (κ2) is 6.33. The first-order valence-electron chi connectivity index (χ1n) is 8.84. The Morgan fingerprint density at radius 2 is 1.96 bits per heavy atom. The summed E-state index contributed by atoms with van der Waals surface area (Å²) in [5.41, 5.74) is 5.31. The van der Waals surface area contributed by atoms with Gasteiger partial charge in [-0.05, 0) is 56.2 Å². The Hall–Kier alpha value is -3.08. The van der Waals surface area contributed by atoms with Crippen LogP contribution in [-0.4, -0.2) is 23.3 Å². The third kappa shape index (κ3) is 2.75. The number of nitrogens with one attached hydrogen (secondary N) is 2. The van der Waals surface area contributed by atoms with Crippen LogP contribution >= 0.6 is 0 Å². The Bertz CT molecular complexity index is 1020. The van der Waals surface area contributed by atoms with Gasteiger partial charge in [0.25, 0.3) is 5.91 Å². The van der Waals surface area contributed by atoms with Crippen LogP contribution in [-0.2, 0) is 4.79 Å². The lowest BCUT2D eigenvalue weighted by Crippen LogP contribution is -2.25. The van der Waals surface area contributed by atoms with E-state index in [1.54, 1.807) is 4.90 Å². The highest BCUT2D eigenvalue weighted by Crippen LogP contribution is 2.30. The number of nitrogens with zero attached hydrogens (tertiary/aromatic N) is 1. The van der Waals surface area contributed by atoms with Crippen molar-refractivity contribution in [2.24, 2.45) is 0 Å². The van der Waals surface area contributed by atoms with E-state index in [0.29, 0.717) is 24.2 Å². The Morgan fingerprint density at radius 3 is 2.73 bits per heavy atom. The molecule has 2 N–H and O–H groups in total. The number of fused-ring (bicyclic) bond motifs is 1. The molecule has 26 heavy (non-hydrogen) atoms. The van der Waals surface area contributed by atoms with Gasteiger partial charge in [-0.3, -0.25) is 9.59 Å². The molecule has 0 unspecified atom stereocenters. The van der Waals surface area contributed by atoms with Gasteiger partial charge >= 0.3 is 0 Å². The Labute approximate surface area is 152 Å². The summed E-state index contributed by atoms with van der Waals surface area (Å²) >= 11 is 0. The Morgan fingerprint density at radius 1 is 1.15 bits per heavy atom. The van der Waals surface area contributed by atoms with Gasteiger partial charge in [-0.15, -0.1) is 0 Å². The summed E-state index contributed by atoms with van der Waals surface area (Å²) < 4.78 is 0. The predicted molar refractivity (Wildman–Crippen MR) is 104 cm³/mol. The molecule has 5 nitrogen and oxygen atoms in total. The molecule has 0 bridgehead atoms. The first-order chi connectivity index (χ1) is 12.5. The van der Waals surface area contributed by atoms with Crippen LogP contribution in [0.15, 0.2) is 42.5 Å². The number of hydrogen-bond donors (Lipinski definition) is 2. The van der Waals surface area contributed by atoms with E-state index in [4.69, 9.17) is 0 Å². The number of hydrogen-bond acceptors (Lipinski definition) is 2. The van der Waals surface area contributed by atoms with E-state index in [2.05, 4.69) is 10.3 Å². The van der Waals surface area contributed by atoms with Gasteiger partial charge in [0.1, 0.15) is 0 Å². The summed E-state index contributed by atoms with van der Waals surface area (Å²) in [4.78, 5) is 29.9. The number of amides is 2. The third-order valence-corrected chi connectivity index (χ3v) is 5.09. The zero-order valence-corrected chi connectivity index (χ0v) is 14.9. The molecule has 2 heterocycles. The Kier molecular flexibility index (Phi) is 3.99. The van der Waals surface area contributed by atoms with Crippen molar-refractivity contribution in [2.75, 3.05) is 16.8 Å². The fraction of sp³-hybridized carbons (Fsp3) is 0.238. The maximum atomic E-state index is 12.8. The molecule has 1 aliphatic rings. The number of rotatable bonds is 3. The number of para-hydroxylation sites is 2. The van der Waals surface area contributed by atoms with Gasteiger partial charge in [0.2, 0.25) is 5.91 Å². The SMILES string of the molecule is Cc1[nH]c2ccc(C(=O)Nc3ccccc3N3CCCC3=O)cc2c1C. The molecular weight excluding hydrogens is 326 g/mol. The van der Waals surface area contributed by atoms with Crippen LogP contribution in [0.1, 0.15) is 34.5 Å². The van der Waals surface area contributed by atoms with Crippen molar-refractivity contribution in [3.8, 4) is 0 Å². The van der Waals surface area contributed by atoms with Crippen molar-refractivity contribution in [1.82, 2.24) is 4.98 Å². The van der Waals surface area contributed by atoms with Gasteiger partial charge in [0.15, 0.2) is 0 Å². The van der Waals surface area contributed by atoms with E-state index < -0.39 is 0 Å². The molecule has 1 fully saturated rings. The molecule has 0 atom stereocenters. The zero-order valence-electron chi connectivity index (χ0n) is 14.9. The predicted octanol–water partition coefficient (Wildman–Crippen LogP) is 4.16. The summed E-state index contributed by atoms with van der Waals surface area (Å²) in [6.45, 7) is 4.77. The number of carbonyl (C=O) groups is 2. The van der Waals surface area contributed by atoms with E-state index in [1.807, 2.05) is 56.3 Å². The molecule has 1 saturated heterocycles. The molecular formula is C21H21N3O2. The first kappa shape index (κ1) is 16.4. The minimum absolute atomic E-state index is 0.103. The number of aromatic amines is 1. The average molecular weight is 347 g/mol. The molecule has 1 aliphatic heterocycles. The van der Waals surface area contributed by atoms with Crippen molar-refractivity contribution in [1.29, 1.82) is 0 Å². The lowest BCUT2D eigenvalue weighted by atomic mass is 10.1. The molecule has 3 aromatic rings. The van der Waals surface area contributed by atoms with Gasteiger partial charge in [-0.25, -0.2) is 0 Å². The Balaban J connectivity index is 1.65. The topological polar surface area (TPSA) is 65.2 Å². The van der Waals surface area contributed by atoms with Crippen molar-refractivity contribution in [2.45, 2.75) is 26.7 Å². The summed E-state index contributed by atoms with van der Waals surface area (Å²) in [7, 11) is 0. The fourth-order valence-corrected chi connectivity index (χ4v) is 3.51. The van der Waals surface area contributed by atoms with E-state index in [-0.39, 0.29) is 11.8 Å². The van der Waals surface area contributed by atoms with Crippen LogP contribution in [0, 0.1) is 13.8 Å². The van der Waals surface area contributed by atoms with Gasteiger partial charge < -0.3 is 15.2 Å². The number of aryl methyl sites for hydroxylation is 2. The fourth-order valence-electron chi connectivity index (χ4n) is 3.51. The largest absolute Gasteiger partial charge is 0.358 e. The van der Waals surface area contributed by atoms with Crippen LogP contribution in [0.5, 0.6) is 0 Å². The normalized spacial score (nSPS) is 14.2. The van der Waals surface area contributed by atoms with Gasteiger partial charge in [-0.1, -0.05) is 12.1 Å². The standard InChI is InChI=1S/C21H21N3O2/c1-13-14(2)22-17-10-9-15(12-16(13)17)21(26)23-18-6-3-4-7-19(18)24-11-5-8-20(24)25/h3-4,6-7,9-10,12,22H,5,8,11H2,1-2H3,(H,23,26). The maximum absolute atomic E-state index is 12.8.